The number of epoxide rings is 1. The Morgan fingerprint density at radius 2 is 1.89 bits per heavy atom. The molecule has 0 N–H and O–H groups in total. The molecule has 0 saturated carbocycles. The second-order valence-corrected chi connectivity index (χ2v) is 5.79. The van der Waals surface area contributed by atoms with Crippen LogP contribution in [0.15, 0.2) is 30.3 Å². The topological polar surface area (TPSA) is 38.8 Å². The van der Waals surface area contributed by atoms with Gasteiger partial charge in [0.2, 0.25) is 0 Å². The molecule has 3 heteroatoms. The number of esters is 1. The Labute approximate surface area is 108 Å². The van der Waals surface area contributed by atoms with Crippen LogP contribution in [0.3, 0.4) is 0 Å². The molecule has 1 aromatic carbocycles. The van der Waals surface area contributed by atoms with Crippen molar-refractivity contribution in [2.75, 3.05) is 0 Å². The first-order valence-corrected chi connectivity index (χ1v) is 6.31. The molecule has 2 rings (SSSR count). The Bertz CT molecular complexity index is 419. The molecule has 0 radical (unpaired) electrons. The van der Waals surface area contributed by atoms with Crippen molar-refractivity contribution in [3.63, 3.8) is 0 Å². The van der Waals surface area contributed by atoms with Crippen LogP contribution in [0.4, 0.5) is 0 Å². The van der Waals surface area contributed by atoms with E-state index in [0.29, 0.717) is 0 Å². The van der Waals surface area contributed by atoms with Gasteiger partial charge in [0.15, 0.2) is 0 Å². The Balaban J connectivity index is 1.90. The first-order valence-electron chi connectivity index (χ1n) is 6.31. The predicted octanol–water partition coefficient (Wildman–Crippen LogP) is 3.10. The van der Waals surface area contributed by atoms with E-state index in [-0.39, 0.29) is 24.3 Å². The first kappa shape index (κ1) is 13.1. The molecule has 18 heavy (non-hydrogen) atoms. The lowest BCUT2D eigenvalue weighted by Crippen LogP contribution is -2.29. The van der Waals surface area contributed by atoms with Gasteiger partial charge in [-0.15, -0.1) is 0 Å². The van der Waals surface area contributed by atoms with E-state index in [1.165, 1.54) is 0 Å². The maximum atomic E-state index is 11.8. The van der Waals surface area contributed by atoms with Gasteiger partial charge >= 0.3 is 5.97 Å². The fourth-order valence-electron chi connectivity index (χ4n) is 1.80. The van der Waals surface area contributed by atoms with Gasteiger partial charge in [0.1, 0.15) is 18.3 Å². The van der Waals surface area contributed by atoms with Crippen molar-refractivity contribution in [2.24, 2.45) is 5.41 Å². The minimum absolute atomic E-state index is 0.0151. The number of hydrogen-bond donors (Lipinski definition) is 0. The van der Waals surface area contributed by atoms with E-state index in [1.54, 1.807) is 0 Å². The largest absolute Gasteiger partial charge is 0.459 e. The quantitative estimate of drug-likeness (QED) is 0.609. The molecule has 0 spiro atoms. The number of carbonyl (C=O) groups is 1. The molecular formula is C15H20O3. The number of carbonyl (C=O) groups excluding carboxylic acids is 1. The van der Waals surface area contributed by atoms with Crippen LogP contribution in [0.2, 0.25) is 0 Å². The summed E-state index contributed by atoms with van der Waals surface area (Å²) in [4.78, 5) is 11.8. The van der Waals surface area contributed by atoms with Crippen LogP contribution >= 0.6 is 0 Å². The Kier molecular flexibility index (Phi) is 3.44. The Hall–Kier alpha value is -1.35. The monoisotopic (exact) mass is 248 g/mol. The normalized spacial score (nSPS) is 24.4. The van der Waals surface area contributed by atoms with Crippen LogP contribution in [0, 0.1) is 5.41 Å². The zero-order valence-electron chi connectivity index (χ0n) is 11.3. The van der Waals surface area contributed by atoms with Gasteiger partial charge in [-0.3, -0.25) is 4.79 Å². The molecule has 98 valence electrons. The SMILES string of the molecule is C[C@@H](OC(=O)C(C)(C)C)[C@H]1O[C@H]1c1ccccc1. The third kappa shape index (κ3) is 2.91. The highest BCUT2D eigenvalue weighted by atomic mass is 16.6. The zero-order chi connectivity index (χ0) is 13.3. The summed E-state index contributed by atoms with van der Waals surface area (Å²) in [5, 5.41) is 0. The second-order valence-electron chi connectivity index (χ2n) is 5.79. The summed E-state index contributed by atoms with van der Waals surface area (Å²) in [6.45, 7) is 7.44. The van der Waals surface area contributed by atoms with Crippen LogP contribution in [-0.4, -0.2) is 18.2 Å². The molecule has 1 aliphatic rings. The highest BCUT2D eigenvalue weighted by molar-refractivity contribution is 5.75. The fraction of sp³-hybridized carbons (Fsp3) is 0.533. The molecule has 3 atom stereocenters. The summed E-state index contributed by atoms with van der Waals surface area (Å²) >= 11 is 0. The van der Waals surface area contributed by atoms with Gasteiger partial charge in [-0.05, 0) is 33.3 Å². The minimum Gasteiger partial charge on any atom is -0.459 e. The van der Waals surface area contributed by atoms with E-state index < -0.39 is 5.41 Å². The second kappa shape index (κ2) is 4.73. The zero-order valence-corrected chi connectivity index (χ0v) is 11.3. The van der Waals surface area contributed by atoms with Gasteiger partial charge in [-0.25, -0.2) is 0 Å². The van der Waals surface area contributed by atoms with Crippen molar-refractivity contribution in [3.05, 3.63) is 35.9 Å². The summed E-state index contributed by atoms with van der Waals surface area (Å²) in [5.41, 5.74) is 0.673. The van der Waals surface area contributed by atoms with Crippen LogP contribution in [-0.2, 0) is 14.3 Å². The summed E-state index contributed by atoms with van der Waals surface area (Å²) in [6.07, 6.45) is -0.158. The Morgan fingerprint density at radius 1 is 1.28 bits per heavy atom. The van der Waals surface area contributed by atoms with E-state index in [4.69, 9.17) is 9.47 Å². The number of rotatable bonds is 3. The van der Waals surface area contributed by atoms with E-state index in [1.807, 2.05) is 58.0 Å². The summed E-state index contributed by atoms with van der Waals surface area (Å²) in [5.74, 6) is -0.183. The van der Waals surface area contributed by atoms with Gasteiger partial charge in [0, 0.05) is 0 Å². The van der Waals surface area contributed by atoms with Gasteiger partial charge < -0.3 is 9.47 Å². The van der Waals surface area contributed by atoms with Gasteiger partial charge in [-0.1, -0.05) is 30.3 Å². The molecule has 0 amide bonds. The third-order valence-corrected chi connectivity index (χ3v) is 3.02. The highest BCUT2D eigenvalue weighted by Gasteiger charge is 2.46. The average Bonchev–Trinajstić information content (AvgIpc) is 3.08. The highest BCUT2D eigenvalue weighted by Crippen LogP contribution is 2.41. The molecule has 1 aliphatic heterocycles. The minimum atomic E-state index is -0.467. The van der Waals surface area contributed by atoms with E-state index in [2.05, 4.69) is 0 Å². The fourth-order valence-corrected chi connectivity index (χ4v) is 1.80. The van der Waals surface area contributed by atoms with Crippen molar-refractivity contribution < 1.29 is 14.3 Å². The van der Waals surface area contributed by atoms with Gasteiger partial charge in [0.25, 0.3) is 0 Å². The predicted molar refractivity (Wildman–Crippen MR) is 69.1 cm³/mol. The van der Waals surface area contributed by atoms with Crippen LogP contribution in [0.1, 0.15) is 39.4 Å². The standard InChI is InChI=1S/C15H20O3/c1-10(17-14(16)15(2,3)4)12-13(18-12)11-8-6-5-7-9-11/h5-10,12-13H,1-4H3/t10-,12-,13+/m1/s1. The van der Waals surface area contributed by atoms with Crippen molar-refractivity contribution in [3.8, 4) is 0 Å². The molecule has 0 aliphatic carbocycles. The lowest BCUT2D eigenvalue weighted by atomic mass is 9.97. The van der Waals surface area contributed by atoms with Crippen molar-refractivity contribution in [1.82, 2.24) is 0 Å². The molecule has 0 unspecified atom stereocenters. The summed E-state index contributed by atoms with van der Waals surface area (Å²) < 4.78 is 11.0. The van der Waals surface area contributed by atoms with Crippen LogP contribution in [0.25, 0.3) is 0 Å². The van der Waals surface area contributed by atoms with E-state index in [9.17, 15) is 4.79 Å². The molecule has 1 fully saturated rings. The molecule has 0 bridgehead atoms. The average molecular weight is 248 g/mol. The van der Waals surface area contributed by atoms with Crippen LogP contribution < -0.4 is 0 Å². The lowest BCUT2D eigenvalue weighted by molar-refractivity contribution is -0.158. The molecule has 1 heterocycles. The first-order chi connectivity index (χ1) is 8.39. The lowest BCUT2D eigenvalue weighted by Gasteiger charge is -2.19. The van der Waals surface area contributed by atoms with Crippen molar-refractivity contribution in [1.29, 1.82) is 0 Å². The summed E-state index contributed by atoms with van der Waals surface area (Å²) in [7, 11) is 0. The molecule has 1 saturated heterocycles. The maximum Gasteiger partial charge on any atom is 0.311 e. The van der Waals surface area contributed by atoms with Crippen molar-refractivity contribution >= 4 is 5.97 Å². The van der Waals surface area contributed by atoms with Gasteiger partial charge in [-0.2, -0.15) is 0 Å². The maximum absolute atomic E-state index is 11.8. The molecule has 0 aromatic heterocycles. The number of benzene rings is 1. The van der Waals surface area contributed by atoms with Crippen LogP contribution in [0.5, 0.6) is 0 Å². The number of hydrogen-bond acceptors (Lipinski definition) is 3. The van der Waals surface area contributed by atoms with E-state index >= 15 is 0 Å². The molecule has 3 nitrogen and oxygen atoms in total. The van der Waals surface area contributed by atoms with E-state index in [0.717, 1.165) is 5.56 Å². The number of ether oxygens (including phenoxy) is 2. The smallest absolute Gasteiger partial charge is 0.311 e. The molecule has 1 aromatic rings. The third-order valence-electron chi connectivity index (χ3n) is 3.02. The summed E-state index contributed by atoms with van der Waals surface area (Å²) in [6, 6.07) is 10.0. The Morgan fingerprint density at radius 3 is 2.44 bits per heavy atom. The van der Waals surface area contributed by atoms with Crippen molar-refractivity contribution in [2.45, 2.75) is 46.0 Å². The molecular weight excluding hydrogens is 228 g/mol. The van der Waals surface area contributed by atoms with Gasteiger partial charge in [0.05, 0.1) is 5.41 Å².